The van der Waals surface area contributed by atoms with E-state index in [1.165, 1.54) is 11.8 Å². The van der Waals surface area contributed by atoms with Crippen molar-refractivity contribution in [1.29, 1.82) is 0 Å². The lowest BCUT2D eigenvalue weighted by molar-refractivity contribution is 0.247. The fourth-order valence-electron chi connectivity index (χ4n) is 3.14. The van der Waals surface area contributed by atoms with Crippen LogP contribution in [0.1, 0.15) is 26.0 Å². The molecule has 0 radical (unpaired) electrons. The molecular formula is C22H26N4O3S. The molecule has 0 aromatic carbocycles. The lowest BCUT2D eigenvalue weighted by atomic mass is 10.1. The summed E-state index contributed by atoms with van der Waals surface area (Å²) >= 11 is 1.33. The number of ether oxygens (including phenoxy) is 1. The monoisotopic (exact) mass is 426 g/mol. The minimum atomic E-state index is -0.125. The summed E-state index contributed by atoms with van der Waals surface area (Å²) in [4.78, 5) is 25.0. The van der Waals surface area contributed by atoms with Gasteiger partial charge in [-0.1, -0.05) is 23.9 Å². The third-order valence-corrected chi connectivity index (χ3v) is 5.96. The van der Waals surface area contributed by atoms with E-state index in [0.29, 0.717) is 23.6 Å². The number of likely N-dealkylation sites (N-methyl/N-ethyl adjacent to an activating group) is 1. The molecule has 7 nitrogen and oxygen atoms in total. The molecule has 30 heavy (non-hydrogen) atoms. The van der Waals surface area contributed by atoms with E-state index < -0.39 is 0 Å². The van der Waals surface area contributed by atoms with Crippen molar-refractivity contribution in [3.8, 4) is 0 Å². The van der Waals surface area contributed by atoms with Gasteiger partial charge in [-0.15, -0.1) is 0 Å². The SMILES string of the molecule is C\C=C/N=C1/Sc2c(ncn(C3=CC=C(OC)C=CC3)c2=O)/C1=C(/C)N(C)CCO. The van der Waals surface area contributed by atoms with Crippen LogP contribution in [0, 0.1) is 0 Å². The Bertz CT molecular complexity index is 1060. The Labute approximate surface area is 180 Å². The lowest BCUT2D eigenvalue weighted by Crippen LogP contribution is -2.23. The molecular weight excluding hydrogens is 400 g/mol. The standard InChI is InChI=1S/C22H26N4O3S/c1-5-11-23-21-18(15(2)25(3)12-13-27)19-20(30-21)22(28)26(14-24-19)16-7-6-8-17(29-4)10-9-16/h5-6,8-11,14,27H,7,12-13H2,1-4H3/b11-5-,18-15+,23-21+. The van der Waals surface area contributed by atoms with Crippen molar-refractivity contribution in [2.24, 2.45) is 4.99 Å². The first-order chi connectivity index (χ1) is 14.5. The van der Waals surface area contributed by atoms with Crippen LogP contribution >= 0.6 is 11.8 Å². The van der Waals surface area contributed by atoms with Gasteiger partial charge in [-0.05, 0) is 32.1 Å². The molecule has 0 saturated carbocycles. The quantitative estimate of drug-likeness (QED) is 0.752. The molecule has 0 bridgehead atoms. The van der Waals surface area contributed by atoms with Gasteiger partial charge in [0.2, 0.25) is 0 Å². The molecule has 8 heteroatoms. The van der Waals surface area contributed by atoms with Crippen molar-refractivity contribution >= 4 is 28.1 Å². The molecule has 2 heterocycles. The lowest BCUT2D eigenvalue weighted by Gasteiger charge is -2.21. The van der Waals surface area contributed by atoms with Crippen LogP contribution in [0.4, 0.5) is 0 Å². The van der Waals surface area contributed by atoms with E-state index in [9.17, 15) is 9.90 Å². The highest BCUT2D eigenvalue weighted by Crippen LogP contribution is 2.40. The maximum Gasteiger partial charge on any atom is 0.272 e. The van der Waals surface area contributed by atoms with Gasteiger partial charge < -0.3 is 14.7 Å². The first kappa shape index (κ1) is 21.9. The second-order valence-electron chi connectivity index (χ2n) is 6.76. The molecule has 1 aromatic rings. The van der Waals surface area contributed by atoms with E-state index >= 15 is 0 Å². The highest BCUT2D eigenvalue weighted by atomic mass is 32.2. The zero-order valence-corrected chi connectivity index (χ0v) is 18.4. The molecule has 1 N–H and O–H groups in total. The molecule has 2 aliphatic rings. The smallest absolute Gasteiger partial charge is 0.272 e. The molecule has 0 amide bonds. The number of rotatable bonds is 6. The summed E-state index contributed by atoms with van der Waals surface area (Å²) in [7, 11) is 3.52. The maximum absolute atomic E-state index is 13.3. The van der Waals surface area contributed by atoms with Crippen molar-refractivity contribution in [1.82, 2.24) is 14.5 Å². The van der Waals surface area contributed by atoms with Gasteiger partial charge in [0.25, 0.3) is 5.56 Å². The Morgan fingerprint density at radius 1 is 1.47 bits per heavy atom. The number of hydrogen-bond donors (Lipinski definition) is 1. The first-order valence-electron chi connectivity index (χ1n) is 9.65. The molecule has 3 rings (SSSR count). The van der Waals surface area contributed by atoms with Gasteiger partial charge >= 0.3 is 0 Å². The summed E-state index contributed by atoms with van der Waals surface area (Å²) in [6.45, 7) is 4.37. The second kappa shape index (κ2) is 9.77. The van der Waals surface area contributed by atoms with Gasteiger partial charge in [-0.25, -0.2) is 9.98 Å². The number of nitrogens with zero attached hydrogens (tertiary/aromatic N) is 4. The molecule has 0 saturated heterocycles. The minimum Gasteiger partial charge on any atom is -0.497 e. The summed E-state index contributed by atoms with van der Waals surface area (Å²) in [5, 5.41) is 10.0. The molecule has 0 fully saturated rings. The fraction of sp³-hybridized carbons (Fsp3) is 0.318. The van der Waals surface area contributed by atoms with Gasteiger partial charge in [-0.3, -0.25) is 9.36 Å². The van der Waals surface area contributed by atoms with Crippen LogP contribution in [0.25, 0.3) is 11.3 Å². The van der Waals surface area contributed by atoms with Crippen molar-refractivity contribution in [2.75, 3.05) is 27.3 Å². The summed E-state index contributed by atoms with van der Waals surface area (Å²) < 4.78 is 6.84. The molecule has 1 aromatic heterocycles. The van der Waals surface area contributed by atoms with Crippen molar-refractivity contribution < 1.29 is 9.84 Å². The van der Waals surface area contributed by atoms with Gasteiger partial charge in [0, 0.05) is 37.6 Å². The van der Waals surface area contributed by atoms with Gasteiger partial charge in [0.05, 0.1) is 25.0 Å². The van der Waals surface area contributed by atoms with Crippen molar-refractivity contribution in [2.45, 2.75) is 25.2 Å². The van der Waals surface area contributed by atoms with Crippen molar-refractivity contribution in [3.05, 3.63) is 70.4 Å². The van der Waals surface area contributed by atoms with E-state index in [2.05, 4.69) is 9.98 Å². The fourth-order valence-corrected chi connectivity index (χ4v) is 4.23. The van der Waals surface area contributed by atoms with E-state index in [1.807, 2.05) is 56.2 Å². The van der Waals surface area contributed by atoms with E-state index in [0.717, 1.165) is 27.8 Å². The highest BCUT2D eigenvalue weighted by Gasteiger charge is 2.31. The summed E-state index contributed by atoms with van der Waals surface area (Å²) in [5.74, 6) is 0.732. The highest BCUT2D eigenvalue weighted by molar-refractivity contribution is 8.15. The first-order valence-corrected chi connectivity index (χ1v) is 10.5. The number of hydrogen-bond acceptors (Lipinski definition) is 7. The average Bonchev–Trinajstić information content (AvgIpc) is 2.95. The third-order valence-electron chi connectivity index (χ3n) is 4.88. The summed E-state index contributed by atoms with van der Waals surface area (Å²) in [5.41, 5.74) is 3.05. The molecule has 158 valence electrons. The van der Waals surface area contributed by atoms with Crippen LogP contribution in [-0.2, 0) is 4.74 Å². The average molecular weight is 427 g/mol. The molecule has 0 atom stereocenters. The van der Waals surface area contributed by atoms with E-state index in [4.69, 9.17) is 4.74 Å². The maximum atomic E-state index is 13.3. The summed E-state index contributed by atoms with van der Waals surface area (Å²) in [6.07, 6.45) is 13.3. The summed E-state index contributed by atoms with van der Waals surface area (Å²) in [6, 6.07) is 0. The Morgan fingerprint density at radius 2 is 2.27 bits per heavy atom. The number of thioether (sulfide) groups is 1. The zero-order valence-electron chi connectivity index (χ0n) is 17.6. The van der Waals surface area contributed by atoms with E-state index in [-0.39, 0.29) is 12.2 Å². The number of fused-ring (bicyclic) bond motifs is 1. The second-order valence-corrected chi connectivity index (χ2v) is 7.76. The minimum absolute atomic E-state index is 0.0378. The van der Waals surface area contributed by atoms with Gasteiger partial charge in [0.1, 0.15) is 22.0 Å². The number of methoxy groups -OCH3 is 1. The van der Waals surface area contributed by atoms with Crippen LogP contribution in [0.15, 0.2) is 69.0 Å². The molecule has 1 aliphatic heterocycles. The van der Waals surface area contributed by atoms with Crippen LogP contribution in [0.5, 0.6) is 0 Å². The molecule has 0 unspecified atom stereocenters. The normalized spacial score (nSPS) is 18.9. The largest absolute Gasteiger partial charge is 0.497 e. The Kier molecular flexibility index (Phi) is 7.12. The van der Waals surface area contributed by atoms with Crippen LogP contribution in [0.2, 0.25) is 0 Å². The number of allylic oxidation sites excluding steroid dienone is 7. The Morgan fingerprint density at radius 3 is 2.97 bits per heavy atom. The molecule has 1 aliphatic carbocycles. The van der Waals surface area contributed by atoms with Crippen LogP contribution < -0.4 is 5.56 Å². The van der Waals surface area contributed by atoms with Gasteiger partial charge in [-0.2, -0.15) is 0 Å². The number of aromatic nitrogens is 2. The van der Waals surface area contributed by atoms with E-state index in [1.54, 1.807) is 24.2 Å². The Balaban J connectivity index is 2.13. The van der Waals surface area contributed by atoms with Crippen molar-refractivity contribution in [3.63, 3.8) is 0 Å². The number of aliphatic hydroxyl groups excluding tert-OH is 1. The topological polar surface area (TPSA) is 80.0 Å². The predicted octanol–water partition coefficient (Wildman–Crippen LogP) is 3.27. The number of aliphatic imine (C=N–C) groups is 1. The number of aliphatic hydroxyl groups is 1. The van der Waals surface area contributed by atoms with Crippen LogP contribution in [-0.4, -0.2) is 51.9 Å². The van der Waals surface area contributed by atoms with Crippen LogP contribution in [0.3, 0.4) is 0 Å². The zero-order chi connectivity index (χ0) is 21.7. The molecule has 0 spiro atoms. The predicted molar refractivity (Wildman–Crippen MR) is 122 cm³/mol. The Hall–Kier alpha value is -2.84. The third kappa shape index (κ3) is 4.34. The van der Waals surface area contributed by atoms with Gasteiger partial charge in [0.15, 0.2) is 0 Å².